The van der Waals surface area contributed by atoms with Gasteiger partial charge in [-0.05, 0) is 60.5 Å². The van der Waals surface area contributed by atoms with Crippen LogP contribution in [0.5, 0.6) is 5.88 Å². The van der Waals surface area contributed by atoms with Crippen molar-refractivity contribution in [2.45, 2.75) is 13.0 Å². The molecular weight excluding hydrogens is 574 g/mol. The zero-order valence-corrected chi connectivity index (χ0v) is 24.4. The smallest absolute Gasteiger partial charge is 0.213 e. The van der Waals surface area contributed by atoms with E-state index < -0.39 is 0 Å². The Balaban J connectivity index is 1.38. The van der Waals surface area contributed by atoms with E-state index in [0.717, 1.165) is 32.7 Å². The number of methoxy groups -OCH3 is 1. The standard InChI is InChI=1S/C31H34BrN3O5/c1-23(39-19-18-38-17-16-37-15-14-36-2)22-40-31-8-5-7-28(35-31)30-21-25(24-9-11-26(32)12-10-24)20-29(34-30)27-6-3-4-13-33-27/h3-13,20-21,23H,14-19,22H2,1-2H3/t23-/m0/s1. The van der Waals surface area contributed by atoms with Gasteiger partial charge in [0.2, 0.25) is 5.88 Å². The molecule has 0 spiro atoms. The Hall–Kier alpha value is -3.21. The van der Waals surface area contributed by atoms with Gasteiger partial charge in [0.15, 0.2) is 0 Å². The first kappa shape index (κ1) is 29.8. The van der Waals surface area contributed by atoms with Crippen LogP contribution in [0.25, 0.3) is 33.9 Å². The summed E-state index contributed by atoms with van der Waals surface area (Å²) in [5.41, 5.74) is 5.11. The first-order valence-corrected chi connectivity index (χ1v) is 14.0. The lowest BCUT2D eigenvalue weighted by Gasteiger charge is -2.15. The van der Waals surface area contributed by atoms with E-state index in [1.54, 1.807) is 13.3 Å². The Labute approximate surface area is 243 Å². The van der Waals surface area contributed by atoms with Gasteiger partial charge in [0.25, 0.3) is 0 Å². The van der Waals surface area contributed by atoms with Crippen LogP contribution in [-0.4, -0.2) is 74.4 Å². The minimum absolute atomic E-state index is 0.123. The average Bonchev–Trinajstić information content (AvgIpc) is 3.00. The number of rotatable bonds is 16. The van der Waals surface area contributed by atoms with E-state index in [2.05, 4.69) is 33.0 Å². The Bertz CT molecular complexity index is 1310. The van der Waals surface area contributed by atoms with Gasteiger partial charge < -0.3 is 23.7 Å². The number of halogens is 1. The molecule has 0 bridgehead atoms. The third-order valence-electron chi connectivity index (χ3n) is 5.82. The third-order valence-corrected chi connectivity index (χ3v) is 6.34. The topological polar surface area (TPSA) is 84.8 Å². The zero-order chi connectivity index (χ0) is 28.0. The fourth-order valence-corrected chi connectivity index (χ4v) is 4.04. The van der Waals surface area contributed by atoms with Gasteiger partial charge in [0, 0.05) is 23.8 Å². The van der Waals surface area contributed by atoms with Gasteiger partial charge >= 0.3 is 0 Å². The Morgan fingerprint density at radius 1 is 0.700 bits per heavy atom. The second-order valence-corrected chi connectivity index (χ2v) is 9.83. The molecule has 210 valence electrons. The maximum atomic E-state index is 5.95. The minimum atomic E-state index is -0.123. The molecule has 1 atom stereocenters. The molecule has 0 unspecified atom stereocenters. The Kier molecular flexibility index (Phi) is 12.0. The van der Waals surface area contributed by atoms with Crippen molar-refractivity contribution in [3.8, 4) is 39.8 Å². The first-order valence-electron chi connectivity index (χ1n) is 13.2. The SMILES string of the molecule is COCCOCCOCCO[C@@H](C)COc1cccc(-c2cc(-c3ccc(Br)cc3)cc(-c3ccccn3)n2)n1. The van der Waals surface area contributed by atoms with Crippen molar-refractivity contribution in [3.63, 3.8) is 0 Å². The van der Waals surface area contributed by atoms with Crippen LogP contribution < -0.4 is 4.74 Å². The van der Waals surface area contributed by atoms with Gasteiger partial charge in [-0.25, -0.2) is 9.97 Å². The van der Waals surface area contributed by atoms with Crippen molar-refractivity contribution >= 4 is 15.9 Å². The summed E-state index contributed by atoms with van der Waals surface area (Å²) in [6, 6.07) is 23.8. The molecule has 0 aliphatic heterocycles. The van der Waals surface area contributed by atoms with Crippen molar-refractivity contribution in [3.05, 3.63) is 83.5 Å². The molecule has 1 aromatic carbocycles. The summed E-state index contributed by atoms with van der Waals surface area (Å²) in [5.74, 6) is 0.507. The Morgan fingerprint density at radius 3 is 2.12 bits per heavy atom. The van der Waals surface area contributed by atoms with Crippen LogP contribution in [-0.2, 0) is 18.9 Å². The summed E-state index contributed by atoms with van der Waals surface area (Å²) in [6.07, 6.45) is 1.64. The molecule has 3 heterocycles. The van der Waals surface area contributed by atoms with E-state index in [-0.39, 0.29) is 6.10 Å². The molecule has 40 heavy (non-hydrogen) atoms. The largest absolute Gasteiger partial charge is 0.475 e. The van der Waals surface area contributed by atoms with E-state index in [4.69, 9.17) is 33.7 Å². The van der Waals surface area contributed by atoms with Gasteiger partial charge in [-0.1, -0.05) is 40.2 Å². The monoisotopic (exact) mass is 607 g/mol. The van der Waals surface area contributed by atoms with Crippen molar-refractivity contribution < 1.29 is 23.7 Å². The molecule has 0 aliphatic carbocycles. The van der Waals surface area contributed by atoms with Crippen LogP contribution in [0.4, 0.5) is 0 Å². The highest BCUT2D eigenvalue weighted by Gasteiger charge is 2.12. The molecule has 8 nitrogen and oxygen atoms in total. The zero-order valence-electron chi connectivity index (χ0n) is 22.8. The molecule has 9 heteroatoms. The fraction of sp³-hybridized carbons (Fsp3) is 0.323. The van der Waals surface area contributed by atoms with Gasteiger partial charge in [-0.2, -0.15) is 0 Å². The molecule has 0 amide bonds. The quantitative estimate of drug-likeness (QED) is 0.141. The van der Waals surface area contributed by atoms with Crippen LogP contribution in [0.3, 0.4) is 0 Å². The normalized spacial score (nSPS) is 11.9. The number of benzene rings is 1. The molecule has 0 fully saturated rings. The second-order valence-electron chi connectivity index (χ2n) is 8.92. The van der Waals surface area contributed by atoms with E-state index in [1.807, 2.05) is 67.6 Å². The minimum Gasteiger partial charge on any atom is -0.475 e. The fourth-order valence-electron chi connectivity index (χ4n) is 3.78. The summed E-state index contributed by atoms with van der Waals surface area (Å²) in [6.45, 7) is 5.49. The molecule has 3 aromatic heterocycles. The predicted octanol–water partition coefficient (Wildman–Crippen LogP) is 6.10. The van der Waals surface area contributed by atoms with Crippen LogP contribution in [0.2, 0.25) is 0 Å². The van der Waals surface area contributed by atoms with Gasteiger partial charge in [-0.3, -0.25) is 4.98 Å². The molecule has 4 aromatic rings. The van der Waals surface area contributed by atoms with Crippen molar-refractivity contribution in [2.75, 3.05) is 53.4 Å². The van der Waals surface area contributed by atoms with Crippen LogP contribution in [0.15, 0.2) is 83.5 Å². The van der Waals surface area contributed by atoms with Gasteiger partial charge in [-0.15, -0.1) is 0 Å². The van der Waals surface area contributed by atoms with Crippen molar-refractivity contribution in [1.82, 2.24) is 15.0 Å². The molecule has 0 saturated carbocycles. The average molecular weight is 609 g/mol. The van der Waals surface area contributed by atoms with Crippen LogP contribution >= 0.6 is 15.9 Å². The molecule has 0 aliphatic rings. The van der Waals surface area contributed by atoms with Gasteiger partial charge in [0.1, 0.15) is 6.61 Å². The van der Waals surface area contributed by atoms with E-state index >= 15 is 0 Å². The molecular formula is C31H34BrN3O5. The first-order chi connectivity index (χ1) is 19.6. The third kappa shape index (κ3) is 9.46. The summed E-state index contributed by atoms with van der Waals surface area (Å²) < 4.78 is 28.6. The molecule has 0 saturated heterocycles. The number of aromatic nitrogens is 3. The second kappa shape index (κ2) is 16.2. The highest BCUT2D eigenvalue weighted by molar-refractivity contribution is 9.10. The lowest BCUT2D eigenvalue weighted by Crippen LogP contribution is -2.21. The highest BCUT2D eigenvalue weighted by Crippen LogP contribution is 2.30. The Morgan fingerprint density at radius 2 is 1.40 bits per heavy atom. The highest BCUT2D eigenvalue weighted by atomic mass is 79.9. The van der Waals surface area contributed by atoms with Crippen molar-refractivity contribution in [2.24, 2.45) is 0 Å². The summed E-state index contributed by atoms with van der Waals surface area (Å²) in [5, 5.41) is 0. The lowest BCUT2D eigenvalue weighted by molar-refractivity contribution is -0.0224. The summed E-state index contributed by atoms with van der Waals surface area (Å²) in [4.78, 5) is 14.1. The van der Waals surface area contributed by atoms with Crippen LogP contribution in [0, 0.1) is 0 Å². The number of pyridine rings is 3. The number of hydrogen-bond acceptors (Lipinski definition) is 8. The number of ether oxygens (including phenoxy) is 5. The lowest BCUT2D eigenvalue weighted by atomic mass is 10.0. The van der Waals surface area contributed by atoms with E-state index in [9.17, 15) is 0 Å². The summed E-state index contributed by atoms with van der Waals surface area (Å²) in [7, 11) is 1.65. The maximum Gasteiger partial charge on any atom is 0.213 e. The number of nitrogens with zero attached hydrogens (tertiary/aromatic N) is 3. The van der Waals surface area contributed by atoms with E-state index in [1.165, 1.54) is 0 Å². The molecule has 0 radical (unpaired) electrons. The van der Waals surface area contributed by atoms with E-state index in [0.29, 0.717) is 57.8 Å². The van der Waals surface area contributed by atoms with Crippen molar-refractivity contribution in [1.29, 1.82) is 0 Å². The van der Waals surface area contributed by atoms with Crippen LogP contribution in [0.1, 0.15) is 6.92 Å². The molecule has 0 N–H and O–H groups in total. The molecule has 4 rings (SSSR count). The predicted molar refractivity (Wildman–Crippen MR) is 158 cm³/mol. The summed E-state index contributed by atoms with van der Waals surface area (Å²) >= 11 is 3.52. The number of hydrogen-bond donors (Lipinski definition) is 0. The van der Waals surface area contributed by atoms with Gasteiger partial charge in [0.05, 0.1) is 68.5 Å². The maximum absolute atomic E-state index is 5.95.